The summed E-state index contributed by atoms with van der Waals surface area (Å²) >= 11 is 0. The number of rotatable bonds is 8. The third-order valence-corrected chi connectivity index (χ3v) is 12.0. The van der Waals surface area contributed by atoms with Crippen molar-refractivity contribution < 1.29 is 35.8 Å². The van der Waals surface area contributed by atoms with E-state index in [1.165, 1.54) is 5.56 Å². The number of aromatic nitrogens is 3. The van der Waals surface area contributed by atoms with Gasteiger partial charge < -0.3 is 5.11 Å². The van der Waals surface area contributed by atoms with Gasteiger partial charge in [0.05, 0.1) is 27.8 Å². The van der Waals surface area contributed by atoms with Crippen LogP contribution in [-0.4, -0.2) is 19.6 Å². The van der Waals surface area contributed by atoms with Gasteiger partial charge in [-0.1, -0.05) is 164 Å². The first kappa shape index (κ1) is 36.0. The van der Waals surface area contributed by atoms with Gasteiger partial charge in [-0.3, -0.25) is 9.55 Å². The first-order valence-corrected chi connectivity index (χ1v) is 21.0. The van der Waals surface area contributed by atoms with Crippen LogP contribution in [0.4, 0.5) is 0 Å². The van der Waals surface area contributed by atoms with E-state index in [0.29, 0.717) is 33.7 Å². The number of aromatic hydroxyl groups is 1. The molecule has 1 N–H and O–H groups in total. The molecule has 0 saturated heterocycles. The normalized spacial score (nSPS) is 13.9. The molecule has 0 amide bonds. The van der Waals surface area contributed by atoms with E-state index in [9.17, 15) is 5.11 Å². The molecule has 0 aliphatic rings. The fourth-order valence-corrected chi connectivity index (χ4v) is 7.94. The van der Waals surface area contributed by atoms with Crippen LogP contribution in [0.3, 0.4) is 0 Å². The second kappa shape index (κ2) is 16.9. The topological polar surface area (TPSA) is 50.9 Å². The minimum absolute atomic E-state index is 0. The summed E-state index contributed by atoms with van der Waals surface area (Å²) in [6, 6.07) is 36.3. The van der Waals surface area contributed by atoms with Gasteiger partial charge in [-0.15, -0.1) is 29.3 Å². The maximum absolute atomic E-state index is 12.3. The van der Waals surface area contributed by atoms with Gasteiger partial charge in [0.15, 0.2) is 0 Å². The molecule has 0 atom stereocenters. The predicted octanol–water partition coefficient (Wildman–Crippen LogP) is 15.2. The van der Waals surface area contributed by atoms with Crippen LogP contribution in [0.25, 0.3) is 72.7 Å². The van der Waals surface area contributed by atoms with E-state index in [4.69, 9.17) is 19.6 Å². The van der Waals surface area contributed by atoms with E-state index in [0.717, 1.165) is 56.6 Å². The molecule has 4 nitrogen and oxygen atoms in total. The van der Waals surface area contributed by atoms with Crippen LogP contribution < -0.4 is 0 Å². The molecule has 0 saturated carbocycles. The van der Waals surface area contributed by atoms with Crippen molar-refractivity contribution in [3.63, 3.8) is 0 Å². The zero-order chi connectivity index (χ0) is 49.4. The molecule has 8 aromatic rings. The van der Waals surface area contributed by atoms with Crippen molar-refractivity contribution in [2.45, 2.75) is 98.8 Å². The Labute approximate surface area is 393 Å². The predicted molar refractivity (Wildman–Crippen MR) is 257 cm³/mol. The van der Waals surface area contributed by atoms with E-state index in [-0.39, 0.29) is 48.6 Å². The van der Waals surface area contributed by atoms with Gasteiger partial charge in [-0.05, 0) is 94.6 Å². The van der Waals surface area contributed by atoms with Gasteiger partial charge in [0.2, 0.25) is 0 Å². The summed E-state index contributed by atoms with van der Waals surface area (Å²) in [5, 5.41) is 12.3. The van der Waals surface area contributed by atoms with Crippen molar-refractivity contribution in [2.24, 2.45) is 0 Å². The Balaban J connectivity index is 0.00000703. The van der Waals surface area contributed by atoms with Gasteiger partial charge >= 0.3 is 0 Å². The number of hydrogen-bond acceptors (Lipinski definition) is 3. The van der Waals surface area contributed by atoms with E-state index in [1.54, 1.807) is 18.3 Å². The van der Waals surface area contributed by atoms with Gasteiger partial charge in [0, 0.05) is 48.2 Å². The van der Waals surface area contributed by atoms with Crippen LogP contribution in [-0.2, 0) is 37.3 Å². The molecule has 0 aliphatic heterocycles. The Kier molecular flexibility index (Phi) is 9.83. The molecule has 0 bridgehead atoms. The maximum Gasteiger partial charge on any atom is 0.148 e. The Morgan fingerprint density at radius 3 is 2.08 bits per heavy atom. The zero-order valence-electron chi connectivity index (χ0n) is 44.2. The smallest absolute Gasteiger partial charge is 0.148 e. The Morgan fingerprint density at radius 2 is 1.40 bits per heavy atom. The monoisotopic (exact) mass is 1000 g/mol. The first-order chi connectivity index (χ1) is 31.8. The number of fused-ring (bicyclic) bond motifs is 1. The minimum atomic E-state index is -2.82. The Morgan fingerprint density at radius 1 is 0.677 bits per heavy atom. The number of phenolic OH excluding ortho intramolecular Hbond substituents is 1. The number of aryl methyl sites for hydroxylation is 1. The Hall–Kier alpha value is -5.57. The van der Waals surface area contributed by atoms with Crippen LogP contribution in [0.1, 0.15) is 106 Å². The first-order valence-electron chi connectivity index (χ1n) is 24.5. The zero-order valence-corrected chi connectivity index (χ0v) is 39.5. The standard InChI is InChI=1S/C57H58N3O.Pt/c1-12-57(10,11)43-25-26-50(46(35-43)39-17-14-13-15-18-39)60-51-20-16-19-45(52(51)59-54(60)47-29-37(3)30-48(53(47)61)56(7,8)9)41-31-42(33-44(32-41)55(4,5)6)49-34-40(27-28-58-49)38-23-21-36(2)22-24-38;/h13-30,32-35,61H,12H2,1-11H3;/q-1;/i2D3,21D,22D,23D,24D;. The minimum Gasteiger partial charge on any atom is -0.507 e. The van der Waals surface area contributed by atoms with Gasteiger partial charge in [-0.25, -0.2) is 4.98 Å². The fourth-order valence-electron chi connectivity index (χ4n) is 7.94. The number of imidazole rings is 1. The third kappa shape index (κ3) is 8.60. The van der Waals surface area contributed by atoms with Crippen LogP contribution >= 0.6 is 0 Å². The summed E-state index contributed by atoms with van der Waals surface area (Å²) in [4.78, 5) is 10.3. The van der Waals surface area contributed by atoms with Crippen molar-refractivity contribution in [1.29, 1.82) is 0 Å². The Bertz CT molecular complexity index is 3240. The van der Waals surface area contributed by atoms with E-state index < -0.39 is 36.6 Å². The van der Waals surface area contributed by atoms with Gasteiger partial charge in [-0.2, -0.15) is 0 Å². The molecule has 0 fully saturated rings. The largest absolute Gasteiger partial charge is 0.507 e. The molecule has 0 radical (unpaired) electrons. The summed E-state index contributed by atoms with van der Waals surface area (Å²) in [5.41, 5.74) is 10.8. The van der Waals surface area contributed by atoms with Crippen LogP contribution in [0, 0.1) is 19.8 Å². The number of benzene rings is 6. The molecule has 6 aromatic carbocycles. The number of para-hydroxylation sites is 1. The van der Waals surface area contributed by atoms with E-state index >= 15 is 0 Å². The SMILES string of the molecule is [2H]c1c([2H])c(C([2H])([2H])[2H])c([2H])c([2H])c1-c1ccnc(-c2[c-]c(-c3cccc4c3nc(-c3cc(C)cc(C(C)(C)C)c3O)n4-c3ccc(C(C)(C)CC)cc3-c3ccccc3)cc(C(C)(C)C)c2)c1.[Pt]. The van der Waals surface area contributed by atoms with Crippen LogP contribution in [0.5, 0.6) is 5.75 Å². The molecule has 0 unspecified atom stereocenters. The summed E-state index contributed by atoms with van der Waals surface area (Å²) < 4.78 is 60.7. The molecule has 5 heteroatoms. The van der Waals surface area contributed by atoms with Crippen molar-refractivity contribution in [3.8, 4) is 67.5 Å². The van der Waals surface area contributed by atoms with Crippen molar-refractivity contribution in [1.82, 2.24) is 14.5 Å². The molecular formula is C57H58N3OPt-. The van der Waals surface area contributed by atoms with E-state index in [1.807, 2.05) is 43.3 Å². The van der Waals surface area contributed by atoms with Gasteiger partial charge in [0.25, 0.3) is 0 Å². The molecule has 0 aliphatic carbocycles. The average Bonchev–Trinajstić information content (AvgIpc) is 3.67. The quantitative estimate of drug-likeness (QED) is 0.154. The van der Waals surface area contributed by atoms with Gasteiger partial charge in [0.1, 0.15) is 11.6 Å². The molecule has 318 valence electrons. The van der Waals surface area contributed by atoms with Crippen LogP contribution in [0.2, 0.25) is 0 Å². The van der Waals surface area contributed by atoms with Crippen molar-refractivity contribution in [3.05, 3.63) is 167 Å². The number of hydrogen-bond donors (Lipinski definition) is 1. The summed E-state index contributed by atoms with van der Waals surface area (Å²) in [5.74, 6) is 0.764. The summed E-state index contributed by atoms with van der Waals surface area (Å²) in [6.45, 7) is 18.7. The summed E-state index contributed by atoms with van der Waals surface area (Å²) in [7, 11) is 0. The number of phenols is 1. The summed E-state index contributed by atoms with van der Waals surface area (Å²) in [6.07, 6.45) is 2.51. The van der Waals surface area contributed by atoms with Crippen molar-refractivity contribution in [2.75, 3.05) is 0 Å². The molecule has 2 aromatic heterocycles. The average molecular weight is 1000 g/mol. The second-order valence-electron chi connectivity index (χ2n) is 18.9. The molecule has 62 heavy (non-hydrogen) atoms. The molecular weight excluding hydrogens is 938 g/mol. The number of nitrogens with zero attached hydrogens (tertiary/aromatic N) is 3. The molecule has 2 heterocycles. The van der Waals surface area contributed by atoms with E-state index in [2.05, 4.69) is 128 Å². The fraction of sp³-hybridized carbons (Fsp3) is 0.263. The maximum atomic E-state index is 12.3. The second-order valence-corrected chi connectivity index (χ2v) is 18.9. The van der Waals surface area contributed by atoms with Crippen molar-refractivity contribution >= 4 is 11.0 Å². The third-order valence-electron chi connectivity index (χ3n) is 12.0. The molecule has 0 spiro atoms. The number of pyridine rings is 1. The molecule has 8 rings (SSSR count). The van der Waals surface area contributed by atoms with Crippen LogP contribution in [0.15, 0.2) is 133 Å².